The molecule has 0 aliphatic carbocycles. The maximum Gasteiger partial charge on any atom is 0.425 e. The fraction of sp³-hybridized carbons (Fsp3) is 0.235. The van der Waals surface area contributed by atoms with Crippen LogP contribution in [-0.4, -0.2) is 22.2 Å². The summed E-state index contributed by atoms with van der Waals surface area (Å²) in [4.78, 5) is 6.64. The Balaban J connectivity index is 2.02. The summed E-state index contributed by atoms with van der Waals surface area (Å²) in [6.07, 6.45) is -8.63. The molecule has 2 aromatic heterocycles. The smallest absolute Gasteiger partial charge is 0.425 e. The van der Waals surface area contributed by atoms with Crippen LogP contribution in [0.1, 0.15) is 12.5 Å². The van der Waals surface area contributed by atoms with Gasteiger partial charge in [-0.05, 0) is 37.3 Å². The first-order valence-electron chi connectivity index (χ1n) is 7.43. The number of benzene rings is 1. The number of hydrogen-bond acceptors (Lipinski definition) is 2. The number of pyridine rings is 1. The lowest BCUT2D eigenvalue weighted by Gasteiger charge is -2.19. The number of nitrogens with zero attached hydrogens (tertiary/aromatic N) is 1. The summed E-state index contributed by atoms with van der Waals surface area (Å²) in [6, 6.07) is 6.01. The van der Waals surface area contributed by atoms with Crippen LogP contribution in [0.5, 0.6) is 5.75 Å². The molecule has 138 valence electrons. The molecule has 1 N–H and O–H groups in total. The SMILES string of the molecule is CC(Oc1cnccc1-c1cc2cc(C(F)(F)F)ccc2[nH]1)C(F)(F)F. The van der Waals surface area contributed by atoms with Gasteiger partial charge in [-0.25, -0.2) is 0 Å². The Kier molecular flexibility index (Phi) is 4.33. The van der Waals surface area contributed by atoms with Crippen LogP contribution in [0.3, 0.4) is 0 Å². The number of alkyl halides is 6. The van der Waals surface area contributed by atoms with Crippen molar-refractivity contribution in [2.24, 2.45) is 0 Å². The van der Waals surface area contributed by atoms with E-state index in [1.54, 1.807) is 0 Å². The molecule has 0 aliphatic rings. The van der Waals surface area contributed by atoms with Crippen molar-refractivity contribution in [1.82, 2.24) is 9.97 Å². The zero-order valence-corrected chi connectivity index (χ0v) is 13.2. The number of aromatic amines is 1. The molecule has 3 nitrogen and oxygen atoms in total. The first-order chi connectivity index (χ1) is 12.1. The molecule has 0 bridgehead atoms. The van der Waals surface area contributed by atoms with E-state index in [0.29, 0.717) is 11.2 Å². The zero-order chi connectivity index (χ0) is 19.1. The lowest BCUT2D eigenvalue weighted by molar-refractivity contribution is -0.189. The highest BCUT2D eigenvalue weighted by atomic mass is 19.4. The molecule has 2 heterocycles. The van der Waals surface area contributed by atoms with Crippen LogP contribution in [0.4, 0.5) is 26.3 Å². The third-order valence-electron chi connectivity index (χ3n) is 3.79. The van der Waals surface area contributed by atoms with E-state index in [1.807, 2.05) is 0 Å². The molecule has 0 spiro atoms. The minimum atomic E-state index is -4.56. The maximum atomic E-state index is 12.8. The Hall–Kier alpha value is -2.71. The first kappa shape index (κ1) is 18.1. The van der Waals surface area contributed by atoms with Crippen molar-refractivity contribution in [3.63, 3.8) is 0 Å². The summed E-state index contributed by atoms with van der Waals surface area (Å²) >= 11 is 0. The zero-order valence-electron chi connectivity index (χ0n) is 13.2. The Morgan fingerprint density at radius 1 is 1.04 bits per heavy atom. The van der Waals surface area contributed by atoms with E-state index < -0.39 is 24.0 Å². The van der Waals surface area contributed by atoms with Gasteiger partial charge in [0.1, 0.15) is 5.75 Å². The van der Waals surface area contributed by atoms with Crippen molar-refractivity contribution in [3.05, 3.63) is 48.3 Å². The molecule has 0 saturated carbocycles. The number of aromatic nitrogens is 2. The van der Waals surface area contributed by atoms with Crippen LogP contribution >= 0.6 is 0 Å². The molecule has 0 aliphatic heterocycles. The van der Waals surface area contributed by atoms with Gasteiger partial charge in [-0.3, -0.25) is 4.98 Å². The van der Waals surface area contributed by atoms with Crippen molar-refractivity contribution >= 4 is 10.9 Å². The molecule has 9 heteroatoms. The highest BCUT2D eigenvalue weighted by Gasteiger charge is 2.38. The van der Waals surface area contributed by atoms with Crippen molar-refractivity contribution in [2.75, 3.05) is 0 Å². The predicted octanol–water partition coefficient (Wildman–Crippen LogP) is 5.58. The van der Waals surface area contributed by atoms with Gasteiger partial charge in [-0.15, -0.1) is 0 Å². The quantitative estimate of drug-likeness (QED) is 0.608. The minimum absolute atomic E-state index is 0.125. The summed E-state index contributed by atoms with van der Waals surface area (Å²) < 4.78 is 81.6. The molecule has 0 radical (unpaired) electrons. The van der Waals surface area contributed by atoms with Crippen LogP contribution < -0.4 is 4.74 Å². The van der Waals surface area contributed by atoms with Crippen LogP contribution in [0.15, 0.2) is 42.7 Å². The number of fused-ring (bicyclic) bond motifs is 1. The van der Waals surface area contributed by atoms with Crippen LogP contribution in [-0.2, 0) is 6.18 Å². The highest BCUT2D eigenvalue weighted by Crippen LogP contribution is 2.36. The summed E-state index contributed by atoms with van der Waals surface area (Å²) in [5, 5.41) is 0.279. The normalized spacial score (nSPS) is 13.8. The van der Waals surface area contributed by atoms with Gasteiger partial charge in [-0.1, -0.05) is 0 Å². The van der Waals surface area contributed by atoms with Gasteiger partial charge in [0.15, 0.2) is 6.10 Å². The molecule has 1 aromatic carbocycles. The fourth-order valence-corrected chi connectivity index (χ4v) is 2.41. The van der Waals surface area contributed by atoms with Gasteiger partial charge >= 0.3 is 12.4 Å². The second-order valence-electron chi connectivity index (χ2n) is 5.66. The predicted molar refractivity (Wildman–Crippen MR) is 82.7 cm³/mol. The Bertz CT molecular complexity index is 929. The average molecular weight is 374 g/mol. The summed E-state index contributed by atoms with van der Waals surface area (Å²) in [6.45, 7) is 0.859. The van der Waals surface area contributed by atoms with Crippen molar-refractivity contribution in [3.8, 4) is 17.0 Å². The average Bonchev–Trinajstić information content (AvgIpc) is 2.96. The van der Waals surface area contributed by atoms with Crippen LogP contribution in [0.25, 0.3) is 22.2 Å². The number of H-pyrrole nitrogens is 1. The van der Waals surface area contributed by atoms with E-state index in [2.05, 4.69) is 9.97 Å². The molecule has 3 aromatic rings. The highest BCUT2D eigenvalue weighted by molar-refractivity contribution is 5.87. The van der Waals surface area contributed by atoms with Crippen LogP contribution in [0.2, 0.25) is 0 Å². The molecule has 0 amide bonds. The first-order valence-corrected chi connectivity index (χ1v) is 7.43. The Morgan fingerprint density at radius 2 is 1.77 bits per heavy atom. The minimum Gasteiger partial charge on any atom is -0.479 e. The monoisotopic (exact) mass is 374 g/mol. The molecule has 1 atom stereocenters. The Morgan fingerprint density at radius 3 is 2.42 bits per heavy atom. The van der Waals surface area contributed by atoms with Gasteiger partial charge in [0.2, 0.25) is 0 Å². The third-order valence-corrected chi connectivity index (χ3v) is 3.79. The standard InChI is InChI=1S/C17H12F6N2O/c1-9(16(18,19)20)26-15-8-24-5-4-12(15)14-7-10-6-11(17(21,22)23)2-3-13(10)25-14/h2-9,25H,1H3. The van der Waals surface area contributed by atoms with Gasteiger partial charge in [0.25, 0.3) is 0 Å². The molecule has 1 unspecified atom stereocenters. The van der Waals surface area contributed by atoms with Crippen LogP contribution in [0, 0.1) is 0 Å². The molecular weight excluding hydrogens is 362 g/mol. The largest absolute Gasteiger partial charge is 0.479 e. The maximum absolute atomic E-state index is 12.8. The van der Waals surface area contributed by atoms with E-state index in [9.17, 15) is 26.3 Å². The van der Waals surface area contributed by atoms with E-state index in [4.69, 9.17) is 4.74 Å². The van der Waals surface area contributed by atoms with Gasteiger partial charge in [-0.2, -0.15) is 26.3 Å². The van der Waals surface area contributed by atoms with E-state index in [0.717, 1.165) is 25.3 Å². The second kappa shape index (κ2) is 6.22. The molecule has 26 heavy (non-hydrogen) atoms. The number of ether oxygens (including phenoxy) is 1. The third kappa shape index (κ3) is 3.61. The molecule has 0 saturated heterocycles. The van der Waals surface area contributed by atoms with Crippen molar-refractivity contribution < 1.29 is 31.1 Å². The fourth-order valence-electron chi connectivity index (χ4n) is 2.41. The number of nitrogens with one attached hydrogen (secondary N) is 1. The summed E-state index contributed by atoms with van der Waals surface area (Å²) in [5.74, 6) is -0.125. The number of rotatable bonds is 3. The summed E-state index contributed by atoms with van der Waals surface area (Å²) in [5.41, 5.74) is 0.194. The van der Waals surface area contributed by atoms with Crippen molar-refractivity contribution in [2.45, 2.75) is 25.4 Å². The Labute approximate surface area is 143 Å². The molecule has 0 fully saturated rings. The topological polar surface area (TPSA) is 37.9 Å². The van der Waals surface area contributed by atoms with E-state index in [1.165, 1.54) is 24.4 Å². The van der Waals surface area contributed by atoms with Crippen molar-refractivity contribution in [1.29, 1.82) is 0 Å². The molecular formula is C17H12F6N2O. The number of hydrogen-bond donors (Lipinski definition) is 1. The van der Waals surface area contributed by atoms with Gasteiger partial charge in [0.05, 0.1) is 17.5 Å². The van der Waals surface area contributed by atoms with Gasteiger partial charge in [0, 0.05) is 22.7 Å². The second-order valence-corrected chi connectivity index (χ2v) is 5.66. The summed E-state index contributed by atoms with van der Waals surface area (Å²) in [7, 11) is 0. The van der Waals surface area contributed by atoms with E-state index >= 15 is 0 Å². The number of halogens is 6. The lowest BCUT2D eigenvalue weighted by atomic mass is 10.1. The molecule has 3 rings (SSSR count). The van der Waals surface area contributed by atoms with E-state index in [-0.39, 0.29) is 16.7 Å². The van der Waals surface area contributed by atoms with Gasteiger partial charge < -0.3 is 9.72 Å². The lowest BCUT2D eigenvalue weighted by Crippen LogP contribution is -2.31.